The van der Waals surface area contributed by atoms with Gasteiger partial charge in [-0.1, -0.05) is 0 Å². The molecule has 0 unspecified atom stereocenters. The number of hydrogen-bond donors (Lipinski definition) is 0. The molecule has 0 aliphatic carbocycles. The van der Waals surface area contributed by atoms with E-state index in [-0.39, 0.29) is 21.1 Å². The monoisotopic (exact) mass is 364 g/mol. The van der Waals surface area contributed by atoms with Crippen molar-refractivity contribution in [3.05, 3.63) is 42.5 Å². The molecule has 0 fully saturated rings. The molecule has 0 aliphatic rings. The van der Waals surface area contributed by atoms with Crippen LogP contribution in [0.2, 0.25) is 0 Å². The van der Waals surface area contributed by atoms with Crippen molar-refractivity contribution in [2.24, 2.45) is 0 Å². The predicted octanol–water partition coefficient (Wildman–Crippen LogP) is 3.37. The van der Waals surface area contributed by atoms with Gasteiger partial charge >= 0.3 is 135 Å². The summed E-state index contributed by atoms with van der Waals surface area (Å²) in [4.78, 5) is 6.80. The van der Waals surface area contributed by atoms with Gasteiger partial charge in [0.1, 0.15) is 0 Å². The first-order valence-electron chi connectivity index (χ1n) is 7.04. The number of fused-ring (bicyclic) bond motifs is 1. The molecule has 1 heterocycles. The van der Waals surface area contributed by atoms with Crippen LogP contribution in [-0.4, -0.2) is 46.9 Å². The zero-order valence-electron chi connectivity index (χ0n) is 12.5. The van der Waals surface area contributed by atoms with Crippen molar-refractivity contribution in [1.82, 2.24) is 4.98 Å². The van der Waals surface area contributed by atoms with Gasteiger partial charge in [0.2, 0.25) is 0 Å². The molecule has 0 amide bonds. The third kappa shape index (κ3) is 3.16. The van der Waals surface area contributed by atoms with Crippen LogP contribution in [0.1, 0.15) is 0 Å². The Kier molecular flexibility index (Phi) is 4.46. The van der Waals surface area contributed by atoms with Crippen molar-refractivity contribution >= 4 is 30.0 Å². The quantitative estimate of drug-likeness (QED) is 0.650. The molecule has 0 aliphatic heterocycles. The number of halogens is 1. The van der Waals surface area contributed by atoms with Gasteiger partial charge in [0, 0.05) is 0 Å². The standard InChI is InChI=1S/C17H17FN2OSe/c1-20(2)13-5-3-12(4-6-13)17-19-15-11-14(21-10-9-18)7-8-16(15)22-17/h3-8,11H,9-10H2,1-2H3. The van der Waals surface area contributed by atoms with Crippen molar-refractivity contribution in [3.8, 4) is 15.9 Å². The van der Waals surface area contributed by atoms with Gasteiger partial charge in [-0.3, -0.25) is 0 Å². The number of benzene rings is 2. The SMILES string of the molecule is CN(C)c1ccc(-c2nc3cc(OCCF)ccc3[se]2)cc1. The first-order valence-corrected chi connectivity index (χ1v) is 8.76. The van der Waals surface area contributed by atoms with E-state index in [2.05, 4.69) is 29.2 Å². The zero-order valence-corrected chi connectivity index (χ0v) is 14.3. The summed E-state index contributed by atoms with van der Waals surface area (Å²) in [6.45, 7) is -0.389. The Morgan fingerprint density at radius 1 is 1.14 bits per heavy atom. The van der Waals surface area contributed by atoms with E-state index in [4.69, 9.17) is 9.72 Å². The van der Waals surface area contributed by atoms with Crippen LogP contribution < -0.4 is 9.64 Å². The van der Waals surface area contributed by atoms with Crippen molar-refractivity contribution in [3.63, 3.8) is 0 Å². The minimum absolute atomic E-state index is 0.0898. The molecule has 2 aromatic carbocycles. The van der Waals surface area contributed by atoms with Crippen LogP contribution in [0.25, 0.3) is 19.9 Å². The van der Waals surface area contributed by atoms with E-state index in [0.29, 0.717) is 5.75 Å². The zero-order chi connectivity index (χ0) is 15.5. The van der Waals surface area contributed by atoms with E-state index >= 15 is 0 Å². The van der Waals surface area contributed by atoms with E-state index < -0.39 is 6.67 Å². The molecular formula is C17H17FN2OSe. The van der Waals surface area contributed by atoms with E-state index in [1.807, 2.05) is 32.3 Å². The number of alkyl halides is 1. The molecule has 0 spiro atoms. The fourth-order valence-electron chi connectivity index (χ4n) is 2.18. The number of nitrogens with zero attached hydrogens (tertiary/aromatic N) is 2. The molecular weight excluding hydrogens is 346 g/mol. The van der Waals surface area contributed by atoms with Crippen LogP contribution in [0, 0.1) is 0 Å². The summed E-state index contributed by atoms with van der Waals surface area (Å²) in [6.07, 6.45) is 0. The molecule has 0 saturated carbocycles. The molecule has 1 aromatic heterocycles. The Hall–Kier alpha value is -1.84. The summed E-state index contributed by atoms with van der Waals surface area (Å²) in [5.41, 5.74) is 3.28. The molecule has 0 atom stereocenters. The Morgan fingerprint density at radius 3 is 2.59 bits per heavy atom. The third-order valence-corrected chi connectivity index (χ3v) is 5.61. The Balaban J connectivity index is 1.90. The summed E-state index contributed by atoms with van der Waals surface area (Å²) in [5.74, 6) is 0.681. The normalized spacial score (nSPS) is 10.9. The van der Waals surface area contributed by atoms with Crippen molar-refractivity contribution in [2.75, 3.05) is 32.3 Å². The Morgan fingerprint density at radius 2 is 1.91 bits per heavy atom. The van der Waals surface area contributed by atoms with Crippen molar-refractivity contribution in [1.29, 1.82) is 0 Å². The Labute approximate surface area is 135 Å². The summed E-state index contributed by atoms with van der Waals surface area (Å²) in [5, 5.41) is 0. The van der Waals surface area contributed by atoms with E-state index in [1.54, 1.807) is 0 Å². The van der Waals surface area contributed by atoms with Gasteiger partial charge in [0.15, 0.2) is 0 Å². The second kappa shape index (κ2) is 6.51. The number of rotatable bonds is 5. The second-order valence-corrected chi connectivity index (χ2v) is 7.29. The van der Waals surface area contributed by atoms with Gasteiger partial charge < -0.3 is 0 Å². The molecule has 0 N–H and O–H groups in total. The molecule has 0 bridgehead atoms. The van der Waals surface area contributed by atoms with E-state index in [0.717, 1.165) is 15.6 Å². The summed E-state index contributed by atoms with van der Waals surface area (Å²) in [7, 11) is 4.06. The average Bonchev–Trinajstić information content (AvgIpc) is 2.96. The predicted molar refractivity (Wildman–Crippen MR) is 89.9 cm³/mol. The van der Waals surface area contributed by atoms with Gasteiger partial charge in [0.25, 0.3) is 0 Å². The molecule has 5 heteroatoms. The van der Waals surface area contributed by atoms with Gasteiger partial charge in [-0.2, -0.15) is 0 Å². The van der Waals surface area contributed by atoms with Gasteiger partial charge in [-0.05, 0) is 0 Å². The molecule has 114 valence electrons. The van der Waals surface area contributed by atoms with Gasteiger partial charge in [0.05, 0.1) is 0 Å². The van der Waals surface area contributed by atoms with Crippen LogP contribution in [0.15, 0.2) is 42.5 Å². The fourth-order valence-corrected chi connectivity index (χ4v) is 4.18. The number of aromatic nitrogens is 1. The maximum absolute atomic E-state index is 12.2. The number of ether oxygens (including phenoxy) is 1. The summed E-state index contributed by atoms with van der Waals surface area (Å²) < 4.78 is 19.9. The number of hydrogen-bond acceptors (Lipinski definition) is 3. The molecule has 0 saturated heterocycles. The van der Waals surface area contributed by atoms with Crippen LogP contribution in [-0.2, 0) is 0 Å². The van der Waals surface area contributed by atoms with Crippen LogP contribution in [0.4, 0.5) is 10.1 Å². The first-order chi connectivity index (χ1) is 10.7. The van der Waals surface area contributed by atoms with E-state index in [1.165, 1.54) is 9.95 Å². The maximum atomic E-state index is 12.2. The average molecular weight is 363 g/mol. The van der Waals surface area contributed by atoms with E-state index in [9.17, 15) is 4.39 Å². The van der Waals surface area contributed by atoms with Crippen molar-refractivity contribution < 1.29 is 9.13 Å². The van der Waals surface area contributed by atoms with Gasteiger partial charge in [-0.25, -0.2) is 0 Å². The summed E-state index contributed by atoms with van der Waals surface area (Å²) >= 11 is 0.202. The fraction of sp³-hybridized carbons (Fsp3) is 0.235. The molecule has 3 aromatic rings. The molecule has 22 heavy (non-hydrogen) atoms. The molecule has 3 nitrogen and oxygen atoms in total. The van der Waals surface area contributed by atoms with Crippen LogP contribution in [0.5, 0.6) is 5.75 Å². The van der Waals surface area contributed by atoms with Crippen LogP contribution >= 0.6 is 0 Å². The van der Waals surface area contributed by atoms with Crippen LogP contribution in [0.3, 0.4) is 0 Å². The minimum atomic E-state index is -0.478. The number of anilines is 1. The third-order valence-electron chi connectivity index (χ3n) is 3.34. The second-order valence-electron chi connectivity index (χ2n) is 5.13. The topological polar surface area (TPSA) is 25.4 Å². The first kappa shape index (κ1) is 15.1. The van der Waals surface area contributed by atoms with Crippen molar-refractivity contribution in [2.45, 2.75) is 0 Å². The molecule has 0 radical (unpaired) electrons. The van der Waals surface area contributed by atoms with Gasteiger partial charge in [-0.15, -0.1) is 0 Å². The molecule has 3 rings (SSSR count). The Bertz CT molecular complexity index is 768. The summed E-state index contributed by atoms with van der Waals surface area (Å²) in [6, 6.07) is 14.3.